The van der Waals surface area contributed by atoms with Gasteiger partial charge in [0, 0.05) is 31.6 Å². The predicted octanol–water partition coefficient (Wildman–Crippen LogP) is 2.16. The summed E-state index contributed by atoms with van der Waals surface area (Å²) in [5, 5.41) is 10.8. The first kappa shape index (κ1) is 18.6. The van der Waals surface area contributed by atoms with Gasteiger partial charge in [0.2, 0.25) is 0 Å². The number of rotatable bonds is 6. The maximum atomic E-state index is 12.7. The molecule has 7 nitrogen and oxygen atoms in total. The van der Waals surface area contributed by atoms with E-state index < -0.39 is 17.7 Å². The molecule has 1 unspecified atom stereocenters. The fraction of sp³-hybridized carbons (Fsp3) is 0.250. The Morgan fingerprint density at radius 1 is 1.19 bits per heavy atom. The van der Waals surface area contributed by atoms with E-state index >= 15 is 0 Å². The summed E-state index contributed by atoms with van der Waals surface area (Å²) in [4.78, 5) is 30.7. The van der Waals surface area contributed by atoms with E-state index in [-0.39, 0.29) is 24.5 Å². The van der Waals surface area contributed by atoms with E-state index in [4.69, 9.17) is 9.47 Å². The van der Waals surface area contributed by atoms with Crippen LogP contribution in [0.1, 0.15) is 17.2 Å². The molecule has 2 aromatic rings. The minimum absolute atomic E-state index is 0.0376. The number of aromatic nitrogens is 1. The standard InChI is InChI=1S/C20H20N2O5/c1-26-11-10-22-17(14-4-3-5-15(12-14)27-2)16(19(24)20(22)25)18(23)13-6-8-21-9-7-13/h3-9,12,17,23H,10-11H2,1-2H3/b18-16+. The minimum atomic E-state index is -0.733. The normalized spacial score (nSPS) is 18.7. The number of aliphatic hydroxyl groups excluding tert-OH is 1. The van der Waals surface area contributed by atoms with E-state index in [1.165, 1.54) is 31.5 Å². The van der Waals surface area contributed by atoms with Crippen molar-refractivity contribution in [3.05, 3.63) is 65.5 Å². The summed E-state index contributed by atoms with van der Waals surface area (Å²) in [6.45, 7) is 0.485. The first-order chi connectivity index (χ1) is 13.1. The van der Waals surface area contributed by atoms with Crippen molar-refractivity contribution in [1.29, 1.82) is 0 Å². The van der Waals surface area contributed by atoms with E-state index in [1.807, 2.05) is 0 Å². The molecule has 1 N–H and O–H groups in total. The molecule has 27 heavy (non-hydrogen) atoms. The van der Waals surface area contributed by atoms with Crippen LogP contribution in [-0.4, -0.2) is 54.1 Å². The molecular formula is C20H20N2O5. The minimum Gasteiger partial charge on any atom is -0.507 e. The Hall–Kier alpha value is -3.19. The van der Waals surface area contributed by atoms with Gasteiger partial charge in [-0.15, -0.1) is 0 Å². The summed E-state index contributed by atoms with van der Waals surface area (Å²) in [5.41, 5.74) is 1.12. The molecule has 0 saturated carbocycles. The van der Waals surface area contributed by atoms with Gasteiger partial charge in [-0.05, 0) is 29.8 Å². The van der Waals surface area contributed by atoms with E-state index in [1.54, 1.807) is 36.4 Å². The first-order valence-electron chi connectivity index (χ1n) is 8.40. The second-order valence-corrected chi connectivity index (χ2v) is 6.00. The zero-order valence-electron chi connectivity index (χ0n) is 15.1. The third kappa shape index (κ3) is 3.54. The molecule has 2 heterocycles. The van der Waals surface area contributed by atoms with Crippen LogP contribution in [0, 0.1) is 0 Å². The number of amides is 1. The second-order valence-electron chi connectivity index (χ2n) is 6.00. The highest BCUT2D eigenvalue weighted by Crippen LogP contribution is 2.39. The molecule has 140 valence electrons. The van der Waals surface area contributed by atoms with Crippen molar-refractivity contribution >= 4 is 17.4 Å². The number of carbonyl (C=O) groups is 2. The lowest BCUT2D eigenvalue weighted by Gasteiger charge is -2.25. The van der Waals surface area contributed by atoms with E-state index in [0.29, 0.717) is 16.9 Å². The quantitative estimate of drug-likeness (QED) is 0.477. The van der Waals surface area contributed by atoms with Crippen molar-refractivity contribution in [3.8, 4) is 5.75 Å². The number of ketones is 1. The number of hydrogen-bond donors (Lipinski definition) is 1. The fourth-order valence-corrected chi connectivity index (χ4v) is 3.12. The van der Waals surface area contributed by atoms with Crippen LogP contribution in [0.4, 0.5) is 0 Å². The molecule has 1 aromatic heterocycles. The summed E-state index contributed by atoms with van der Waals surface area (Å²) in [7, 11) is 3.06. The summed E-state index contributed by atoms with van der Waals surface area (Å²) >= 11 is 0. The largest absolute Gasteiger partial charge is 0.507 e. The number of likely N-dealkylation sites (tertiary alicyclic amines) is 1. The number of hydrogen-bond acceptors (Lipinski definition) is 6. The van der Waals surface area contributed by atoms with E-state index in [9.17, 15) is 14.7 Å². The number of nitrogens with zero attached hydrogens (tertiary/aromatic N) is 2. The average molecular weight is 368 g/mol. The second kappa shape index (κ2) is 8.01. The Labute approximate surface area is 156 Å². The molecule has 1 aliphatic rings. The Morgan fingerprint density at radius 2 is 1.93 bits per heavy atom. The molecule has 1 atom stereocenters. The maximum Gasteiger partial charge on any atom is 0.295 e. The van der Waals surface area contributed by atoms with Crippen molar-refractivity contribution < 1.29 is 24.2 Å². The molecule has 7 heteroatoms. The van der Waals surface area contributed by atoms with Crippen LogP contribution in [-0.2, 0) is 14.3 Å². The Kier molecular flexibility index (Phi) is 5.52. The zero-order valence-corrected chi connectivity index (χ0v) is 15.1. The maximum absolute atomic E-state index is 12.7. The molecule has 1 saturated heterocycles. The molecule has 0 bridgehead atoms. The average Bonchev–Trinajstić information content (AvgIpc) is 2.97. The Balaban J connectivity index is 2.16. The molecule has 3 rings (SSSR count). The molecule has 0 aliphatic carbocycles. The number of Topliss-reactive ketones (excluding diaryl/α,β-unsaturated/α-hetero) is 1. The van der Waals surface area contributed by atoms with Gasteiger partial charge >= 0.3 is 0 Å². The Morgan fingerprint density at radius 3 is 2.59 bits per heavy atom. The van der Waals surface area contributed by atoms with Crippen molar-refractivity contribution in [1.82, 2.24) is 9.88 Å². The zero-order chi connectivity index (χ0) is 19.4. The van der Waals surface area contributed by atoms with Gasteiger partial charge in [-0.1, -0.05) is 12.1 Å². The lowest BCUT2D eigenvalue weighted by atomic mass is 9.95. The number of methoxy groups -OCH3 is 2. The van der Waals surface area contributed by atoms with Crippen LogP contribution in [0.2, 0.25) is 0 Å². The van der Waals surface area contributed by atoms with Gasteiger partial charge in [-0.2, -0.15) is 0 Å². The van der Waals surface area contributed by atoms with Crippen LogP contribution >= 0.6 is 0 Å². The summed E-state index contributed by atoms with van der Waals surface area (Å²) in [5.74, 6) is -1.04. The number of aliphatic hydroxyl groups is 1. The van der Waals surface area contributed by atoms with Gasteiger partial charge in [-0.3, -0.25) is 14.6 Å². The van der Waals surface area contributed by atoms with Gasteiger partial charge in [0.1, 0.15) is 11.5 Å². The smallest absolute Gasteiger partial charge is 0.295 e. The van der Waals surface area contributed by atoms with Crippen LogP contribution in [0.15, 0.2) is 54.4 Å². The molecule has 1 aliphatic heterocycles. The highest BCUT2D eigenvalue weighted by Gasteiger charge is 2.45. The van der Waals surface area contributed by atoms with Gasteiger partial charge in [0.05, 0.1) is 25.3 Å². The lowest BCUT2D eigenvalue weighted by Crippen LogP contribution is -2.32. The fourth-order valence-electron chi connectivity index (χ4n) is 3.12. The lowest BCUT2D eigenvalue weighted by molar-refractivity contribution is -0.140. The highest BCUT2D eigenvalue weighted by molar-refractivity contribution is 6.46. The van der Waals surface area contributed by atoms with Gasteiger partial charge in [0.25, 0.3) is 11.7 Å². The van der Waals surface area contributed by atoms with Gasteiger partial charge < -0.3 is 19.5 Å². The summed E-state index contributed by atoms with van der Waals surface area (Å²) in [6.07, 6.45) is 3.02. The van der Waals surface area contributed by atoms with Crippen LogP contribution in [0.5, 0.6) is 5.75 Å². The van der Waals surface area contributed by atoms with Crippen molar-refractivity contribution in [2.45, 2.75) is 6.04 Å². The molecule has 1 aromatic carbocycles. The number of pyridine rings is 1. The van der Waals surface area contributed by atoms with E-state index in [0.717, 1.165) is 0 Å². The molecular weight excluding hydrogens is 348 g/mol. The SMILES string of the molecule is COCCN1C(=O)C(=O)/C(=C(/O)c2ccncc2)C1c1cccc(OC)c1. The van der Waals surface area contributed by atoms with Crippen LogP contribution in [0.3, 0.4) is 0 Å². The predicted molar refractivity (Wildman–Crippen MR) is 98.1 cm³/mol. The third-order valence-corrected chi connectivity index (χ3v) is 4.44. The monoisotopic (exact) mass is 368 g/mol. The number of benzene rings is 1. The van der Waals surface area contributed by atoms with Gasteiger partial charge in [-0.25, -0.2) is 0 Å². The third-order valence-electron chi connectivity index (χ3n) is 4.44. The number of ether oxygens (including phenoxy) is 2. The molecule has 1 fully saturated rings. The van der Waals surface area contributed by atoms with Crippen molar-refractivity contribution in [2.24, 2.45) is 0 Å². The Bertz CT molecular complexity index is 879. The van der Waals surface area contributed by atoms with Gasteiger partial charge in [0.15, 0.2) is 0 Å². The number of carbonyl (C=O) groups excluding carboxylic acids is 2. The summed E-state index contributed by atoms with van der Waals surface area (Å²) < 4.78 is 10.3. The van der Waals surface area contributed by atoms with E-state index in [2.05, 4.69) is 4.98 Å². The van der Waals surface area contributed by atoms with Crippen molar-refractivity contribution in [2.75, 3.05) is 27.4 Å². The summed E-state index contributed by atoms with van der Waals surface area (Å²) in [6, 6.07) is 9.52. The topological polar surface area (TPSA) is 89.0 Å². The molecule has 0 radical (unpaired) electrons. The van der Waals surface area contributed by atoms with Crippen LogP contribution < -0.4 is 4.74 Å². The first-order valence-corrected chi connectivity index (χ1v) is 8.40. The molecule has 0 spiro atoms. The van der Waals surface area contributed by atoms with Crippen molar-refractivity contribution in [3.63, 3.8) is 0 Å². The van der Waals surface area contributed by atoms with Crippen LogP contribution in [0.25, 0.3) is 5.76 Å². The molecule has 1 amide bonds. The highest BCUT2D eigenvalue weighted by atomic mass is 16.5.